The van der Waals surface area contributed by atoms with Gasteiger partial charge in [-0.05, 0) is 35.7 Å². The van der Waals surface area contributed by atoms with Gasteiger partial charge in [-0.25, -0.2) is 0 Å². The molecule has 1 heterocycles. The summed E-state index contributed by atoms with van der Waals surface area (Å²) in [4.78, 5) is 1.42. The van der Waals surface area contributed by atoms with Crippen LogP contribution in [0.1, 0.15) is 24.1 Å². The minimum absolute atomic E-state index is 0.443. The summed E-state index contributed by atoms with van der Waals surface area (Å²) in [5.41, 5.74) is 4.04. The molecule has 92 valence electrons. The SMILES string of the molecule is CCc1ccc(NC2CSc3ccccc32)cc1. The molecule has 1 unspecified atom stereocenters. The van der Waals surface area contributed by atoms with Crippen molar-refractivity contribution in [3.8, 4) is 0 Å². The molecule has 0 radical (unpaired) electrons. The van der Waals surface area contributed by atoms with Crippen LogP contribution in [-0.4, -0.2) is 5.75 Å². The van der Waals surface area contributed by atoms with Crippen LogP contribution in [0.5, 0.6) is 0 Å². The molecule has 0 saturated carbocycles. The van der Waals surface area contributed by atoms with E-state index in [1.54, 1.807) is 0 Å². The summed E-state index contributed by atoms with van der Waals surface area (Å²) in [6.45, 7) is 2.19. The number of thioether (sulfide) groups is 1. The Morgan fingerprint density at radius 1 is 1.11 bits per heavy atom. The van der Waals surface area contributed by atoms with Crippen LogP contribution in [0.4, 0.5) is 5.69 Å². The predicted molar refractivity (Wildman–Crippen MR) is 79.3 cm³/mol. The predicted octanol–water partition coefficient (Wildman–Crippen LogP) is 4.51. The van der Waals surface area contributed by atoms with Gasteiger partial charge in [0.25, 0.3) is 0 Å². The number of hydrogen-bond donors (Lipinski definition) is 1. The number of nitrogens with one attached hydrogen (secondary N) is 1. The normalized spacial score (nSPS) is 17.5. The van der Waals surface area contributed by atoms with E-state index in [-0.39, 0.29) is 0 Å². The van der Waals surface area contributed by atoms with Gasteiger partial charge in [0.15, 0.2) is 0 Å². The number of benzene rings is 2. The second kappa shape index (κ2) is 5.07. The average Bonchev–Trinajstić information content (AvgIpc) is 2.83. The third-order valence-corrected chi connectivity index (χ3v) is 4.59. The van der Waals surface area contributed by atoms with Crippen molar-refractivity contribution in [2.24, 2.45) is 0 Å². The number of rotatable bonds is 3. The molecule has 0 fully saturated rings. The lowest BCUT2D eigenvalue weighted by atomic mass is 10.1. The van der Waals surface area contributed by atoms with Gasteiger partial charge in [-0.2, -0.15) is 0 Å². The minimum atomic E-state index is 0.443. The summed E-state index contributed by atoms with van der Waals surface area (Å²) in [7, 11) is 0. The molecule has 1 aliphatic heterocycles. The van der Waals surface area contributed by atoms with Crippen LogP contribution in [0.25, 0.3) is 0 Å². The highest BCUT2D eigenvalue weighted by Gasteiger charge is 2.22. The number of hydrogen-bond acceptors (Lipinski definition) is 2. The van der Waals surface area contributed by atoms with Crippen LogP contribution in [0, 0.1) is 0 Å². The Hall–Kier alpha value is -1.41. The molecule has 0 amide bonds. The summed E-state index contributed by atoms with van der Waals surface area (Å²) in [5.74, 6) is 1.12. The van der Waals surface area contributed by atoms with E-state index in [9.17, 15) is 0 Å². The Morgan fingerprint density at radius 2 is 1.89 bits per heavy atom. The van der Waals surface area contributed by atoms with E-state index >= 15 is 0 Å². The van der Waals surface area contributed by atoms with Gasteiger partial charge in [0.2, 0.25) is 0 Å². The molecule has 2 aromatic carbocycles. The maximum Gasteiger partial charge on any atom is 0.0618 e. The lowest BCUT2D eigenvalue weighted by molar-refractivity contribution is 0.900. The van der Waals surface area contributed by atoms with Crippen molar-refractivity contribution >= 4 is 17.4 Å². The van der Waals surface area contributed by atoms with Crippen molar-refractivity contribution < 1.29 is 0 Å². The fourth-order valence-electron chi connectivity index (χ4n) is 2.32. The van der Waals surface area contributed by atoms with Gasteiger partial charge in [0, 0.05) is 16.3 Å². The third-order valence-electron chi connectivity index (χ3n) is 3.40. The summed E-state index contributed by atoms with van der Waals surface area (Å²) in [6.07, 6.45) is 1.10. The summed E-state index contributed by atoms with van der Waals surface area (Å²) in [5, 5.41) is 3.63. The van der Waals surface area contributed by atoms with Crippen molar-refractivity contribution in [3.05, 3.63) is 59.7 Å². The highest BCUT2D eigenvalue weighted by Crippen LogP contribution is 2.39. The van der Waals surface area contributed by atoms with Gasteiger partial charge in [-0.3, -0.25) is 0 Å². The monoisotopic (exact) mass is 255 g/mol. The van der Waals surface area contributed by atoms with Crippen molar-refractivity contribution in [1.29, 1.82) is 0 Å². The van der Waals surface area contributed by atoms with Crippen LogP contribution < -0.4 is 5.32 Å². The van der Waals surface area contributed by atoms with Gasteiger partial charge in [0.05, 0.1) is 6.04 Å². The van der Waals surface area contributed by atoms with Crippen LogP contribution in [0.2, 0.25) is 0 Å². The topological polar surface area (TPSA) is 12.0 Å². The van der Waals surface area contributed by atoms with E-state index in [1.165, 1.54) is 21.7 Å². The number of aryl methyl sites for hydroxylation is 1. The fourth-order valence-corrected chi connectivity index (χ4v) is 3.48. The Labute approximate surface area is 113 Å². The summed E-state index contributed by atoms with van der Waals surface area (Å²) < 4.78 is 0. The fraction of sp³-hybridized carbons (Fsp3) is 0.250. The molecule has 1 aliphatic rings. The first-order valence-electron chi connectivity index (χ1n) is 6.44. The Balaban J connectivity index is 1.77. The van der Waals surface area contributed by atoms with Crippen LogP contribution in [0.15, 0.2) is 53.4 Å². The summed E-state index contributed by atoms with van der Waals surface area (Å²) in [6, 6.07) is 17.9. The summed E-state index contributed by atoms with van der Waals surface area (Å²) >= 11 is 1.94. The molecule has 0 bridgehead atoms. The molecule has 18 heavy (non-hydrogen) atoms. The second-order valence-corrected chi connectivity index (χ2v) is 5.66. The Morgan fingerprint density at radius 3 is 2.67 bits per heavy atom. The van der Waals surface area contributed by atoms with Crippen LogP contribution in [0.3, 0.4) is 0 Å². The molecule has 1 atom stereocenters. The Bertz CT molecular complexity index is 533. The minimum Gasteiger partial charge on any atom is -0.377 e. The van der Waals surface area contributed by atoms with Gasteiger partial charge in [0.1, 0.15) is 0 Å². The molecule has 1 N–H and O–H groups in total. The van der Waals surface area contributed by atoms with Gasteiger partial charge < -0.3 is 5.32 Å². The van der Waals surface area contributed by atoms with E-state index in [2.05, 4.69) is 60.8 Å². The first-order valence-corrected chi connectivity index (χ1v) is 7.42. The molecule has 0 saturated heterocycles. The number of anilines is 1. The van der Waals surface area contributed by atoms with Gasteiger partial charge in [-0.1, -0.05) is 37.3 Å². The first kappa shape index (κ1) is 11.7. The molecule has 0 spiro atoms. The highest BCUT2D eigenvalue weighted by atomic mass is 32.2. The maximum absolute atomic E-state index is 3.63. The molecule has 0 aliphatic carbocycles. The zero-order valence-electron chi connectivity index (χ0n) is 10.5. The van der Waals surface area contributed by atoms with Crippen molar-refractivity contribution in [1.82, 2.24) is 0 Å². The van der Waals surface area contributed by atoms with Crippen LogP contribution in [-0.2, 0) is 6.42 Å². The lowest BCUT2D eigenvalue weighted by Crippen LogP contribution is -2.09. The lowest BCUT2D eigenvalue weighted by Gasteiger charge is -2.15. The third kappa shape index (κ3) is 2.25. The maximum atomic E-state index is 3.63. The smallest absolute Gasteiger partial charge is 0.0618 e. The van der Waals surface area contributed by atoms with Gasteiger partial charge in [-0.15, -0.1) is 11.8 Å². The zero-order chi connectivity index (χ0) is 12.4. The first-order chi connectivity index (χ1) is 8.86. The highest BCUT2D eigenvalue weighted by molar-refractivity contribution is 7.99. The zero-order valence-corrected chi connectivity index (χ0v) is 11.3. The Kier molecular flexibility index (Phi) is 3.28. The second-order valence-electron chi connectivity index (χ2n) is 4.60. The van der Waals surface area contributed by atoms with Crippen LogP contribution >= 0.6 is 11.8 Å². The van der Waals surface area contributed by atoms with E-state index in [0.717, 1.165) is 12.2 Å². The van der Waals surface area contributed by atoms with Crippen molar-refractivity contribution in [2.45, 2.75) is 24.3 Å². The molecular formula is C16H17NS. The van der Waals surface area contributed by atoms with E-state index in [0.29, 0.717) is 6.04 Å². The standard InChI is InChI=1S/C16H17NS/c1-2-12-7-9-13(10-8-12)17-15-11-18-16-6-4-3-5-14(15)16/h3-10,15,17H,2,11H2,1H3. The van der Waals surface area contributed by atoms with Gasteiger partial charge >= 0.3 is 0 Å². The van der Waals surface area contributed by atoms with E-state index in [1.807, 2.05) is 11.8 Å². The quantitative estimate of drug-likeness (QED) is 0.866. The van der Waals surface area contributed by atoms with E-state index < -0.39 is 0 Å². The van der Waals surface area contributed by atoms with Crippen molar-refractivity contribution in [2.75, 3.05) is 11.1 Å². The largest absolute Gasteiger partial charge is 0.377 e. The van der Waals surface area contributed by atoms with Crippen molar-refractivity contribution in [3.63, 3.8) is 0 Å². The molecular weight excluding hydrogens is 238 g/mol. The molecule has 3 rings (SSSR count). The average molecular weight is 255 g/mol. The molecule has 1 nitrogen and oxygen atoms in total. The number of fused-ring (bicyclic) bond motifs is 1. The molecule has 0 aromatic heterocycles. The molecule has 2 aromatic rings. The van der Waals surface area contributed by atoms with E-state index in [4.69, 9.17) is 0 Å². The molecule has 2 heteroatoms.